The topological polar surface area (TPSA) is 24.5 Å². The Hall–Kier alpha value is -0.770. The molecule has 110 valence electrons. The van der Waals surface area contributed by atoms with Crippen LogP contribution in [0, 0.1) is 0 Å². The predicted octanol–water partition coefficient (Wildman–Crippen LogP) is 2.85. The quantitative estimate of drug-likeness (QED) is 0.924. The molecule has 3 rings (SSSR count). The third-order valence-electron chi connectivity index (χ3n) is 4.29. The minimum atomic E-state index is 0.629. The molecule has 0 amide bonds. The molecule has 2 aliphatic heterocycles. The van der Waals surface area contributed by atoms with Gasteiger partial charge in [0.15, 0.2) is 0 Å². The van der Waals surface area contributed by atoms with Crippen LogP contribution in [-0.2, 0) is 13.0 Å². The maximum Gasteiger partial charge on any atom is 0.127 e. The molecule has 1 aromatic rings. The second kappa shape index (κ2) is 6.33. The Morgan fingerprint density at radius 1 is 1.45 bits per heavy atom. The van der Waals surface area contributed by atoms with Crippen molar-refractivity contribution in [2.75, 3.05) is 26.2 Å². The minimum absolute atomic E-state index is 0.629. The summed E-state index contributed by atoms with van der Waals surface area (Å²) in [7, 11) is 0. The molecule has 0 bridgehead atoms. The van der Waals surface area contributed by atoms with Gasteiger partial charge in [0.1, 0.15) is 5.75 Å². The maximum atomic E-state index is 6.26. The number of rotatable bonds is 4. The Morgan fingerprint density at radius 3 is 3.20 bits per heavy atom. The van der Waals surface area contributed by atoms with Gasteiger partial charge in [-0.05, 0) is 24.1 Å². The Bertz CT molecular complexity index is 476. The van der Waals surface area contributed by atoms with Crippen molar-refractivity contribution in [2.45, 2.75) is 38.8 Å². The van der Waals surface area contributed by atoms with E-state index >= 15 is 0 Å². The first-order valence-corrected chi connectivity index (χ1v) is 8.04. The smallest absolute Gasteiger partial charge is 0.127 e. The highest BCUT2D eigenvalue weighted by Gasteiger charge is 2.24. The molecule has 0 radical (unpaired) electrons. The van der Waals surface area contributed by atoms with Crippen LogP contribution in [0.2, 0.25) is 5.02 Å². The molecule has 1 unspecified atom stereocenters. The van der Waals surface area contributed by atoms with Gasteiger partial charge in [-0.25, -0.2) is 0 Å². The van der Waals surface area contributed by atoms with Crippen LogP contribution in [0.25, 0.3) is 0 Å². The van der Waals surface area contributed by atoms with Crippen LogP contribution >= 0.6 is 11.6 Å². The lowest BCUT2D eigenvalue weighted by Crippen LogP contribution is -2.50. The number of benzene rings is 1. The van der Waals surface area contributed by atoms with E-state index < -0.39 is 0 Å². The third kappa shape index (κ3) is 2.95. The van der Waals surface area contributed by atoms with E-state index in [1.807, 2.05) is 0 Å². The van der Waals surface area contributed by atoms with E-state index in [0.717, 1.165) is 50.0 Å². The van der Waals surface area contributed by atoms with E-state index in [0.29, 0.717) is 6.04 Å². The zero-order valence-electron chi connectivity index (χ0n) is 12.1. The van der Waals surface area contributed by atoms with Gasteiger partial charge in [-0.2, -0.15) is 0 Å². The summed E-state index contributed by atoms with van der Waals surface area (Å²) in [5, 5.41) is 4.34. The largest absolute Gasteiger partial charge is 0.493 e. The molecule has 0 saturated carbocycles. The minimum Gasteiger partial charge on any atom is -0.493 e. The number of halogens is 1. The number of ether oxygens (including phenoxy) is 1. The molecule has 2 aliphatic rings. The Kier molecular flexibility index (Phi) is 4.49. The molecule has 1 fully saturated rings. The van der Waals surface area contributed by atoms with Crippen molar-refractivity contribution in [3.63, 3.8) is 0 Å². The summed E-state index contributed by atoms with van der Waals surface area (Å²) in [5.41, 5.74) is 2.53. The molecule has 1 aromatic carbocycles. The standard InChI is InChI=1S/C16H23ClN2O/c1-2-3-15-10-18-5-6-19(15)11-13-9-14(17)8-12-4-7-20-16(12)13/h8-9,15,18H,2-7,10-11H2,1H3. The molecule has 0 aliphatic carbocycles. The SMILES string of the molecule is CCCC1CNCCN1Cc1cc(Cl)cc2c1OCC2. The van der Waals surface area contributed by atoms with Crippen LogP contribution in [0.5, 0.6) is 5.75 Å². The van der Waals surface area contributed by atoms with Crippen LogP contribution in [0.15, 0.2) is 12.1 Å². The van der Waals surface area contributed by atoms with Crippen molar-refractivity contribution in [3.8, 4) is 5.75 Å². The first kappa shape index (κ1) is 14.2. The van der Waals surface area contributed by atoms with Crippen molar-refractivity contribution in [1.29, 1.82) is 0 Å². The van der Waals surface area contributed by atoms with Gasteiger partial charge in [0, 0.05) is 49.2 Å². The van der Waals surface area contributed by atoms with Crippen molar-refractivity contribution >= 4 is 11.6 Å². The third-order valence-corrected chi connectivity index (χ3v) is 4.51. The van der Waals surface area contributed by atoms with Gasteiger partial charge in [0.2, 0.25) is 0 Å². The van der Waals surface area contributed by atoms with Crippen molar-refractivity contribution in [1.82, 2.24) is 10.2 Å². The number of fused-ring (bicyclic) bond motifs is 1. The van der Waals surface area contributed by atoms with Crippen LogP contribution < -0.4 is 10.1 Å². The molecular weight excluding hydrogens is 272 g/mol. The van der Waals surface area contributed by atoms with E-state index in [2.05, 4.69) is 29.3 Å². The first-order chi connectivity index (χ1) is 9.78. The van der Waals surface area contributed by atoms with Gasteiger partial charge in [-0.3, -0.25) is 4.90 Å². The lowest BCUT2D eigenvalue weighted by Gasteiger charge is -2.36. The molecule has 2 heterocycles. The highest BCUT2D eigenvalue weighted by atomic mass is 35.5. The predicted molar refractivity (Wildman–Crippen MR) is 82.6 cm³/mol. The van der Waals surface area contributed by atoms with Gasteiger partial charge in [0.05, 0.1) is 6.61 Å². The van der Waals surface area contributed by atoms with Crippen molar-refractivity contribution in [2.24, 2.45) is 0 Å². The zero-order chi connectivity index (χ0) is 13.9. The molecule has 20 heavy (non-hydrogen) atoms. The van der Waals surface area contributed by atoms with Crippen LogP contribution in [0.1, 0.15) is 30.9 Å². The molecule has 1 N–H and O–H groups in total. The number of nitrogens with one attached hydrogen (secondary N) is 1. The average molecular weight is 295 g/mol. The number of piperazine rings is 1. The fourth-order valence-corrected chi connectivity index (χ4v) is 3.57. The Morgan fingerprint density at radius 2 is 2.35 bits per heavy atom. The molecule has 4 heteroatoms. The number of hydrogen-bond donors (Lipinski definition) is 1. The average Bonchev–Trinajstić information content (AvgIpc) is 2.89. The van der Waals surface area contributed by atoms with Crippen LogP contribution in [0.3, 0.4) is 0 Å². The van der Waals surface area contributed by atoms with E-state index in [9.17, 15) is 0 Å². The molecule has 0 spiro atoms. The summed E-state index contributed by atoms with van der Waals surface area (Å²) in [6.07, 6.45) is 3.46. The van der Waals surface area contributed by atoms with Crippen LogP contribution in [-0.4, -0.2) is 37.2 Å². The van der Waals surface area contributed by atoms with E-state index in [1.165, 1.54) is 24.0 Å². The molecule has 0 aromatic heterocycles. The second-order valence-electron chi connectivity index (χ2n) is 5.77. The monoisotopic (exact) mass is 294 g/mol. The highest BCUT2D eigenvalue weighted by molar-refractivity contribution is 6.30. The Balaban J connectivity index is 1.79. The summed E-state index contributed by atoms with van der Waals surface area (Å²) in [6.45, 7) is 7.28. The summed E-state index contributed by atoms with van der Waals surface area (Å²) in [5.74, 6) is 1.09. The lowest BCUT2D eigenvalue weighted by molar-refractivity contribution is 0.143. The lowest BCUT2D eigenvalue weighted by atomic mass is 10.0. The maximum absolute atomic E-state index is 6.26. The summed E-state index contributed by atoms with van der Waals surface area (Å²) in [6, 6.07) is 4.76. The highest BCUT2D eigenvalue weighted by Crippen LogP contribution is 2.34. The van der Waals surface area contributed by atoms with Crippen molar-refractivity contribution < 1.29 is 4.74 Å². The van der Waals surface area contributed by atoms with Gasteiger partial charge in [-0.15, -0.1) is 0 Å². The van der Waals surface area contributed by atoms with Crippen molar-refractivity contribution in [3.05, 3.63) is 28.3 Å². The summed E-state index contributed by atoms with van der Waals surface area (Å²) >= 11 is 6.26. The van der Waals surface area contributed by atoms with Gasteiger partial charge in [-0.1, -0.05) is 24.9 Å². The zero-order valence-corrected chi connectivity index (χ0v) is 12.9. The first-order valence-electron chi connectivity index (χ1n) is 7.66. The second-order valence-corrected chi connectivity index (χ2v) is 6.21. The van der Waals surface area contributed by atoms with E-state index in [-0.39, 0.29) is 0 Å². The fourth-order valence-electron chi connectivity index (χ4n) is 3.31. The van der Waals surface area contributed by atoms with Gasteiger partial charge in [0.25, 0.3) is 0 Å². The number of nitrogens with zero attached hydrogens (tertiary/aromatic N) is 1. The fraction of sp³-hybridized carbons (Fsp3) is 0.625. The summed E-state index contributed by atoms with van der Waals surface area (Å²) in [4.78, 5) is 2.58. The summed E-state index contributed by atoms with van der Waals surface area (Å²) < 4.78 is 5.82. The molecule has 1 atom stereocenters. The van der Waals surface area contributed by atoms with E-state index in [1.54, 1.807) is 0 Å². The molecule has 3 nitrogen and oxygen atoms in total. The normalized spacial score (nSPS) is 22.6. The van der Waals surface area contributed by atoms with Crippen LogP contribution in [0.4, 0.5) is 0 Å². The molecular formula is C16H23ClN2O. The van der Waals surface area contributed by atoms with Gasteiger partial charge >= 0.3 is 0 Å². The Labute approximate surface area is 126 Å². The molecule has 1 saturated heterocycles. The van der Waals surface area contributed by atoms with Gasteiger partial charge < -0.3 is 10.1 Å². The van der Waals surface area contributed by atoms with E-state index in [4.69, 9.17) is 16.3 Å². The number of hydrogen-bond acceptors (Lipinski definition) is 3.